The summed E-state index contributed by atoms with van der Waals surface area (Å²) < 4.78 is 0. The fraction of sp³-hybridized carbons (Fsp3) is 0.438. The van der Waals surface area contributed by atoms with E-state index in [4.69, 9.17) is 10.8 Å². The maximum atomic E-state index is 11.7. The zero-order valence-corrected chi connectivity index (χ0v) is 12.9. The Morgan fingerprint density at radius 3 is 2.43 bits per heavy atom. The van der Waals surface area contributed by atoms with Crippen LogP contribution in [0.5, 0.6) is 0 Å². The second-order valence-electron chi connectivity index (χ2n) is 5.59. The molecule has 0 radical (unpaired) electrons. The average Bonchev–Trinajstić information content (AvgIpc) is 2.53. The highest BCUT2D eigenvalue weighted by atomic mass is 16.4. The van der Waals surface area contributed by atoms with Crippen molar-refractivity contribution >= 4 is 29.2 Å². The molecule has 7 nitrogen and oxygen atoms in total. The fourth-order valence-corrected chi connectivity index (χ4v) is 2.67. The van der Waals surface area contributed by atoms with Gasteiger partial charge in [0.05, 0.1) is 12.0 Å². The Hall–Kier alpha value is -2.57. The highest BCUT2D eigenvalue weighted by Gasteiger charge is 2.18. The molecule has 2 amide bonds. The van der Waals surface area contributed by atoms with Crippen LogP contribution in [0.2, 0.25) is 0 Å². The number of amides is 2. The van der Waals surface area contributed by atoms with Crippen LogP contribution < -0.4 is 16.0 Å². The molecule has 0 atom stereocenters. The predicted octanol–water partition coefficient (Wildman–Crippen LogP) is 1.58. The van der Waals surface area contributed by atoms with Gasteiger partial charge in [0, 0.05) is 30.9 Å². The Morgan fingerprint density at radius 2 is 1.83 bits per heavy atom. The lowest BCUT2D eigenvalue weighted by Crippen LogP contribution is -2.31. The Bertz CT molecular complexity index is 609. The van der Waals surface area contributed by atoms with E-state index in [0.717, 1.165) is 31.6 Å². The molecule has 0 unspecified atom stereocenters. The number of hydrogen-bond donors (Lipinski definition) is 3. The largest absolute Gasteiger partial charge is 0.481 e. The molecule has 7 heteroatoms. The second-order valence-corrected chi connectivity index (χ2v) is 5.59. The number of hydrogen-bond acceptors (Lipinski definition) is 4. The second kappa shape index (κ2) is 7.62. The van der Waals surface area contributed by atoms with Crippen molar-refractivity contribution in [3.63, 3.8) is 0 Å². The van der Waals surface area contributed by atoms with Crippen LogP contribution in [0.15, 0.2) is 18.2 Å². The molecule has 0 bridgehead atoms. The third-order valence-corrected chi connectivity index (χ3v) is 3.81. The number of carboxylic acid groups (broad SMARTS) is 1. The van der Waals surface area contributed by atoms with Crippen molar-refractivity contribution in [1.29, 1.82) is 0 Å². The first kappa shape index (κ1) is 16.8. The van der Waals surface area contributed by atoms with Gasteiger partial charge < -0.3 is 21.1 Å². The zero-order chi connectivity index (χ0) is 16.8. The van der Waals surface area contributed by atoms with Crippen LogP contribution in [0.3, 0.4) is 0 Å². The molecule has 124 valence electrons. The van der Waals surface area contributed by atoms with Crippen LogP contribution in [-0.2, 0) is 9.59 Å². The van der Waals surface area contributed by atoms with E-state index in [0.29, 0.717) is 11.3 Å². The molecule has 1 aromatic rings. The van der Waals surface area contributed by atoms with Gasteiger partial charge in [-0.2, -0.15) is 0 Å². The SMILES string of the molecule is NC(=O)c1cc(NC(=O)CCC(=O)O)ccc1N1CCCCC1. The molecule has 1 saturated heterocycles. The van der Waals surface area contributed by atoms with Gasteiger partial charge >= 0.3 is 5.97 Å². The van der Waals surface area contributed by atoms with Gasteiger partial charge in [0.15, 0.2) is 0 Å². The van der Waals surface area contributed by atoms with Crippen molar-refractivity contribution < 1.29 is 19.5 Å². The number of nitrogens with two attached hydrogens (primary N) is 1. The molecule has 1 aliphatic heterocycles. The first-order chi connectivity index (χ1) is 11.0. The predicted molar refractivity (Wildman–Crippen MR) is 86.5 cm³/mol. The number of carbonyl (C=O) groups is 3. The normalized spacial score (nSPS) is 14.3. The molecule has 1 heterocycles. The number of carboxylic acids is 1. The number of carbonyl (C=O) groups excluding carboxylic acids is 2. The molecule has 0 spiro atoms. The van der Waals surface area contributed by atoms with Gasteiger partial charge in [-0.1, -0.05) is 0 Å². The number of rotatable bonds is 6. The third kappa shape index (κ3) is 4.70. The first-order valence-electron chi connectivity index (χ1n) is 7.68. The standard InChI is InChI=1S/C16H21N3O4/c17-16(23)12-10-11(18-14(20)6-7-15(21)22)4-5-13(12)19-8-2-1-3-9-19/h4-5,10H,1-3,6-9H2,(H2,17,23)(H,18,20)(H,21,22). The molecule has 1 fully saturated rings. The van der Waals surface area contributed by atoms with Gasteiger partial charge in [-0.3, -0.25) is 14.4 Å². The number of aliphatic carboxylic acids is 1. The van der Waals surface area contributed by atoms with Crippen molar-refractivity contribution in [3.05, 3.63) is 23.8 Å². The van der Waals surface area contributed by atoms with Crippen LogP contribution in [0.1, 0.15) is 42.5 Å². The van der Waals surface area contributed by atoms with Crippen molar-refractivity contribution in [2.45, 2.75) is 32.1 Å². The van der Waals surface area contributed by atoms with Crippen molar-refractivity contribution in [2.24, 2.45) is 5.73 Å². The van der Waals surface area contributed by atoms with Crippen LogP contribution in [0.25, 0.3) is 0 Å². The summed E-state index contributed by atoms with van der Waals surface area (Å²) in [6.07, 6.45) is 2.98. The number of nitrogens with zero attached hydrogens (tertiary/aromatic N) is 1. The van der Waals surface area contributed by atoms with Gasteiger partial charge in [0.2, 0.25) is 5.91 Å². The van der Waals surface area contributed by atoms with E-state index >= 15 is 0 Å². The van der Waals surface area contributed by atoms with Gasteiger partial charge in [-0.25, -0.2) is 0 Å². The van der Waals surface area contributed by atoms with E-state index in [-0.39, 0.29) is 12.8 Å². The van der Waals surface area contributed by atoms with E-state index in [1.165, 1.54) is 6.42 Å². The number of anilines is 2. The van der Waals surface area contributed by atoms with Crippen molar-refractivity contribution in [3.8, 4) is 0 Å². The fourth-order valence-electron chi connectivity index (χ4n) is 2.67. The maximum Gasteiger partial charge on any atom is 0.303 e. The lowest BCUT2D eigenvalue weighted by atomic mass is 10.1. The minimum Gasteiger partial charge on any atom is -0.481 e. The quantitative estimate of drug-likeness (QED) is 0.737. The summed E-state index contributed by atoms with van der Waals surface area (Å²) >= 11 is 0. The first-order valence-corrected chi connectivity index (χ1v) is 7.68. The van der Waals surface area contributed by atoms with Gasteiger partial charge in [0.25, 0.3) is 5.91 Å². The van der Waals surface area contributed by atoms with E-state index < -0.39 is 17.8 Å². The van der Waals surface area contributed by atoms with Crippen LogP contribution in [0, 0.1) is 0 Å². The minimum atomic E-state index is -1.03. The van der Waals surface area contributed by atoms with Crippen LogP contribution in [-0.4, -0.2) is 36.0 Å². The lowest BCUT2D eigenvalue weighted by Gasteiger charge is -2.30. The summed E-state index contributed by atoms with van der Waals surface area (Å²) in [7, 11) is 0. The molecule has 23 heavy (non-hydrogen) atoms. The third-order valence-electron chi connectivity index (χ3n) is 3.81. The van der Waals surface area contributed by atoms with Gasteiger partial charge in [-0.15, -0.1) is 0 Å². The van der Waals surface area contributed by atoms with Crippen LogP contribution in [0.4, 0.5) is 11.4 Å². The highest BCUT2D eigenvalue weighted by molar-refractivity contribution is 6.01. The van der Waals surface area contributed by atoms with Crippen LogP contribution >= 0.6 is 0 Å². The Kier molecular flexibility index (Phi) is 5.56. The molecule has 4 N–H and O–H groups in total. The monoisotopic (exact) mass is 319 g/mol. The molecule has 0 saturated carbocycles. The van der Waals surface area contributed by atoms with E-state index in [1.54, 1.807) is 18.2 Å². The number of primary amides is 1. The number of benzene rings is 1. The Balaban J connectivity index is 2.13. The molecular weight excluding hydrogens is 298 g/mol. The minimum absolute atomic E-state index is 0.116. The van der Waals surface area contributed by atoms with Crippen molar-refractivity contribution in [2.75, 3.05) is 23.3 Å². The summed E-state index contributed by atoms with van der Waals surface area (Å²) in [4.78, 5) is 36.0. The summed E-state index contributed by atoms with van der Waals surface area (Å²) in [6, 6.07) is 5.03. The average molecular weight is 319 g/mol. The smallest absolute Gasteiger partial charge is 0.303 e. The zero-order valence-electron chi connectivity index (χ0n) is 12.9. The van der Waals surface area contributed by atoms with Gasteiger partial charge in [-0.05, 0) is 37.5 Å². The maximum absolute atomic E-state index is 11.7. The topological polar surface area (TPSA) is 113 Å². The Labute approximate surface area is 134 Å². The lowest BCUT2D eigenvalue weighted by molar-refractivity contribution is -0.138. The molecule has 1 aliphatic rings. The van der Waals surface area contributed by atoms with E-state index in [9.17, 15) is 14.4 Å². The molecule has 2 rings (SSSR count). The summed E-state index contributed by atoms with van der Waals surface area (Å²) in [5.41, 5.74) is 7.05. The Morgan fingerprint density at radius 1 is 1.13 bits per heavy atom. The highest BCUT2D eigenvalue weighted by Crippen LogP contribution is 2.27. The number of nitrogens with one attached hydrogen (secondary N) is 1. The summed E-state index contributed by atoms with van der Waals surface area (Å²) in [6.45, 7) is 1.76. The molecule has 0 aliphatic carbocycles. The molecular formula is C16H21N3O4. The molecule has 1 aromatic carbocycles. The number of piperidine rings is 1. The molecule has 0 aromatic heterocycles. The summed E-state index contributed by atoms with van der Waals surface area (Å²) in [5, 5.41) is 11.2. The van der Waals surface area contributed by atoms with E-state index in [2.05, 4.69) is 10.2 Å². The van der Waals surface area contributed by atoms with E-state index in [1.807, 2.05) is 0 Å². The summed E-state index contributed by atoms with van der Waals surface area (Å²) in [5.74, 6) is -1.99. The van der Waals surface area contributed by atoms with Crippen molar-refractivity contribution in [1.82, 2.24) is 0 Å². The van der Waals surface area contributed by atoms with Gasteiger partial charge in [0.1, 0.15) is 0 Å².